The van der Waals surface area contributed by atoms with Gasteiger partial charge in [0.15, 0.2) is 10.7 Å². The van der Waals surface area contributed by atoms with Gasteiger partial charge in [-0.05, 0) is 54.1 Å². The molecule has 3 aromatic rings. The van der Waals surface area contributed by atoms with E-state index in [1.165, 1.54) is 54.6 Å². The number of phenolic OH excluding ortho intramolecular Hbond substituents is 1. The molecule has 0 saturated heterocycles. The van der Waals surface area contributed by atoms with E-state index in [1.54, 1.807) is 18.2 Å². The molecule has 0 fully saturated rings. The molecule has 0 amide bonds. The van der Waals surface area contributed by atoms with Crippen LogP contribution >= 0.6 is 0 Å². The highest BCUT2D eigenvalue weighted by molar-refractivity contribution is 7.92. The van der Waals surface area contributed by atoms with E-state index >= 15 is 0 Å². The van der Waals surface area contributed by atoms with Crippen molar-refractivity contribution in [3.05, 3.63) is 100 Å². The van der Waals surface area contributed by atoms with Gasteiger partial charge >= 0.3 is 0 Å². The third-order valence-electron chi connectivity index (χ3n) is 4.09. The number of allylic oxidation sites excluding steroid dienone is 1. The Morgan fingerprint density at radius 2 is 1.60 bits per heavy atom. The Labute approximate surface area is 172 Å². The SMILES string of the molecule is O=C(/C=C/c1ccc(O)cc1)c1ccc(NS(=O)(=O)c2ccccc2[N+](=O)[O-])cc1. The number of carbonyl (C=O) groups excluding carboxylic acids is 1. The molecule has 3 rings (SSSR count). The summed E-state index contributed by atoms with van der Waals surface area (Å²) in [5, 5.41) is 20.3. The summed E-state index contributed by atoms with van der Waals surface area (Å²) >= 11 is 0. The fraction of sp³-hybridized carbons (Fsp3) is 0. The van der Waals surface area contributed by atoms with Crippen LogP contribution in [0.3, 0.4) is 0 Å². The van der Waals surface area contributed by atoms with E-state index < -0.39 is 25.5 Å². The minimum Gasteiger partial charge on any atom is -0.508 e. The number of aromatic hydroxyl groups is 1. The molecule has 0 atom stereocenters. The summed E-state index contributed by atoms with van der Waals surface area (Å²) < 4.78 is 27.3. The number of sulfonamides is 1. The summed E-state index contributed by atoms with van der Waals surface area (Å²) in [5.74, 6) is -0.173. The lowest BCUT2D eigenvalue weighted by molar-refractivity contribution is -0.387. The van der Waals surface area contributed by atoms with Crippen LogP contribution in [-0.2, 0) is 10.0 Å². The summed E-state index contributed by atoms with van der Waals surface area (Å²) in [7, 11) is -4.18. The van der Waals surface area contributed by atoms with Gasteiger partial charge in [0.2, 0.25) is 0 Å². The smallest absolute Gasteiger partial charge is 0.289 e. The summed E-state index contributed by atoms with van der Waals surface area (Å²) in [6.07, 6.45) is 2.95. The van der Waals surface area contributed by atoms with Crippen molar-refractivity contribution in [3.63, 3.8) is 0 Å². The highest BCUT2D eigenvalue weighted by Gasteiger charge is 2.25. The number of rotatable bonds is 7. The number of ketones is 1. The van der Waals surface area contributed by atoms with Gasteiger partial charge in [0, 0.05) is 17.3 Å². The van der Waals surface area contributed by atoms with Gasteiger partial charge in [0.05, 0.1) is 4.92 Å². The predicted molar refractivity (Wildman–Crippen MR) is 112 cm³/mol. The molecule has 0 saturated carbocycles. The van der Waals surface area contributed by atoms with Crippen LogP contribution in [0.25, 0.3) is 6.08 Å². The van der Waals surface area contributed by atoms with Gasteiger partial charge in [0.25, 0.3) is 15.7 Å². The monoisotopic (exact) mass is 424 g/mol. The van der Waals surface area contributed by atoms with E-state index in [0.717, 1.165) is 17.7 Å². The number of nitrogens with zero attached hydrogens (tertiary/aromatic N) is 1. The second-order valence-corrected chi connectivity index (χ2v) is 7.85. The summed E-state index contributed by atoms with van der Waals surface area (Å²) in [6.45, 7) is 0. The van der Waals surface area contributed by atoms with Crippen molar-refractivity contribution >= 4 is 33.3 Å². The van der Waals surface area contributed by atoms with Crippen LogP contribution in [-0.4, -0.2) is 24.2 Å². The van der Waals surface area contributed by atoms with Crippen molar-refractivity contribution in [1.29, 1.82) is 0 Å². The number of carbonyl (C=O) groups is 1. The van der Waals surface area contributed by atoms with E-state index in [0.29, 0.717) is 5.56 Å². The maximum absolute atomic E-state index is 12.5. The van der Waals surface area contributed by atoms with Crippen LogP contribution in [0.15, 0.2) is 83.8 Å². The molecule has 152 valence electrons. The molecule has 3 aromatic carbocycles. The van der Waals surface area contributed by atoms with Crippen molar-refractivity contribution in [2.75, 3.05) is 4.72 Å². The number of hydrogen-bond donors (Lipinski definition) is 2. The second kappa shape index (κ2) is 8.58. The molecule has 9 heteroatoms. The van der Waals surface area contributed by atoms with Gasteiger partial charge in [-0.15, -0.1) is 0 Å². The van der Waals surface area contributed by atoms with E-state index in [4.69, 9.17) is 0 Å². The molecule has 0 aliphatic rings. The standard InChI is InChI=1S/C21H16N2O6S/c24-18-12-5-15(6-13-18)7-14-20(25)16-8-10-17(11-9-16)22-30(28,29)21-4-2-1-3-19(21)23(26)27/h1-14,22,24H/b14-7+. The number of hydrogen-bond acceptors (Lipinski definition) is 6. The Bertz CT molecular complexity index is 1220. The second-order valence-electron chi connectivity index (χ2n) is 6.20. The van der Waals surface area contributed by atoms with Crippen molar-refractivity contribution in [3.8, 4) is 5.75 Å². The highest BCUT2D eigenvalue weighted by atomic mass is 32.2. The van der Waals surface area contributed by atoms with Crippen molar-refractivity contribution in [1.82, 2.24) is 0 Å². The van der Waals surface area contributed by atoms with Crippen molar-refractivity contribution in [2.45, 2.75) is 4.90 Å². The van der Waals surface area contributed by atoms with Crippen molar-refractivity contribution < 1.29 is 23.2 Å². The first-order valence-corrected chi connectivity index (χ1v) is 10.1. The average Bonchev–Trinajstić information content (AvgIpc) is 2.73. The molecular weight excluding hydrogens is 408 g/mol. The number of nitro groups is 1. The zero-order valence-corrected chi connectivity index (χ0v) is 16.2. The van der Waals surface area contributed by atoms with Crippen molar-refractivity contribution in [2.24, 2.45) is 0 Å². The number of phenols is 1. The Morgan fingerprint density at radius 3 is 2.23 bits per heavy atom. The lowest BCUT2D eigenvalue weighted by Crippen LogP contribution is -2.14. The van der Waals surface area contributed by atoms with Gasteiger partial charge < -0.3 is 5.11 Å². The third-order valence-corrected chi connectivity index (χ3v) is 5.52. The average molecular weight is 424 g/mol. The largest absolute Gasteiger partial charge is 0.508 e. The molecule has 30 heavy (non-hydrogen) atoms. The third kappa shape index (κ3) is 4.89. The molecule has 0 aliphatic carbocycles. The molecule has 0 aliphatic heterocycles. The van der Waals surface area contributed by atoms with Crippen LogP contribution in [0.1, 0.15) is 15.9 Å². The summed E-state index contributed by atoms with van der Waals surface area (Å²) in [6, 6.07) is 17.0. The maximum atomic E-state index is 12.5. The van der Waals surface area contributed by atoms with Crippen LogP contribution in [0.4, 0.5) is 11.4 Å². The quantitative estimate of drug-likeness (QED) is 0.255. The molecule has 0 unspecified atom stereocenters. The fourth-order valence-electron chi connectivity index (χ4n) is 2.60. The maximum Gasteiger partial charge on any atom is 0.289 e. The Hall–Kier alpha value is -3.98. The summed E-state index contributed by atoms with van der Waals surface area (Å²) in [4.78, 5) is 22.1. The number of nitrogens with one attached hydrogen (secondary N) is 1. The zero-order valence-electron chi connectivity index (χ0n) is 15.4. The molecule has 0 aromatic heterocycles. The van der Waals surface area contributed by atoms with Crippen LogP contribution in [0, 0.1) is 10.1 Å². The first-order chi connectivity index (χ1) is 14.3. The van der Waals surface area contributed by atoms with Gasteiger partial charge in [-0.2, -0.15) is 0 Å². The number of anilines is 1. The first kappa shape index (κ1) is 20.7. The van der Waals surface area contributed by atoms with Gasteiger partial charge in [0.1, 0.15) is 5.75 Å². The molecule has 8 nitrogen and oxygen atoms in total. The molecule has 2 N–H and O–H groups in total. The number of nitro benzene ring substituents is 1. The topological polar surface area (TPSA) is 127 Å². The van der Waals surface area contributed by atoms with Crippen LogP contribution < -0.4 is 4.72 Å². The molecular formula is C21H16N2O6S. The zero-order chi connectivity index (χ0) is 21.7. The lowest BCUT2D eigenvalue weighted by Gasteiger charge is -2.08. The minimum absolute atomic E-state index is 0.123. The molecule has 0 spiro atoms. The van der Waals surface area contributed by atoms with Gasteiger partial charge in [-0.3, -0.25) is 19.6 Å². The molecule has 0 heterocycles. The van der Waals surface area contributed by atoms with Gasteiger partial charge in [-0.25, -0.2) is 8.42 Å². The first-order valence-electron chi connectivity index (χ1n) is 8.64. The van der Waals surface area contributed by atoms with Gasteiger partial charge in [-0.1, -0.05) is 30.3 Å². The van der Waals surface area contributed by atoms with E-state index in [9.17, 15) is 28.4 Å². The van der Waals surface area contributed by atoms with Crippen LogP contribution in [0.2, 0.25) is 0 Å². The summed E-state index contributed by atoms with van der Waals surface area (Å²) in [5.41, 5.74) is 0.692. The Morgan fingerprint density at radius 1 is 0.967 bits per heavy atom. The fourth-order valence-corrected chi connectivity index (χ4v) is 3.83. The highest BCUT2D eigenvalue weighted by Crippen LogP contribution is 2.25. The number of benzene rings is 3. The minimum atomic E-state index is -4.18. The van der Waals surface area contributed by atoms with Crippen LogP contribution in [0.5, 0.6) is 5.75 Å². The van der Waals surface area contributed by atoms with E-state index in [-0.39, 0.29) is 17.2 Å². The number of para-hydroxylation sites is 1. The lowest BCUT2D eigenvalue weighted by atomic mass is 10.1. The molecule has 0 radical (unpaired) electrons. The van der Waals surface area contributed by atoms with E-state index in [2.05, 4.69) is 4.72 Å². The van der Waals surface area contributed by atoms with E-state index in [1.807, 2.05) is 0 Å². The predicted octanol–water partition coefficient (Wildman–Crippen LogP) is 4.00. The normalized spacial score (nSPS) is 11.3. The Balaban J connectivity index is 1.75. The Kier molecular flexibility index (Phi) is 5.93. The molecule has 0 bridgehead atoms.